The Kier molecular flexibility index (Phi) is 5.45. The van der Waals surface area contributed by atoms with Crippen molar-refractivity contribution >= 4 is 11.6 Å². The van der Waals surface area contributed by atoms with Crippen LogP contribution in [0.5, 0.6) is 0 Å². The van der Waals surface area contributed by atoms with Gasteiger partial charge in [-0.05, 0) is 24.1 Å². The van der Waals surface area contributed by atoms with Gasteiger partial charge < -0.3 is 11.1 Å². The summed E-state index contributed by atoms with van der Waals surface area (Å²) in [7, 11) is 0. The van der Waals surface area contributed by atoms with Crippen molar-refractivity contribution in [3.05, 3.63) is 42.5 Å². The molecule has 2 aromatic rings. The number of nitrogens with zero attached hydrogens (tertiary/aromatic N) is 3. The quantitative estimate of drug-likeness (QED) is 0.813. The number of aromatic nitrogens is 3. The molecule has 1 heterocycles. The number of carbonyl (C=O) groups is 1. The summed E-state index contributed by atoms with van der Waals surface area (Å²) in [6.45, 7) is 2.74. The Balaban J connectivity index is 1.88. The number of hydrogen-bond acceptors (Lipinski definition) is 4. The summed E-state index contributed by atoms with van der Waals surface area (Å²) < 4.78 is 1.74. The van der Waals surface area contributed by atoms with E-state index in [0.29, 0.717) is 13.0 Å². The Hall–Kier alpha value is -2.21. The third-order valence-corrected chi connectivity index (χ3v) is 3.24. The average Bonchev–Trinajstić information content (AvgIpc) is 2.99. The summed E-state index contributed by atoms with van der Waals surface area (Å²) in [6, 6.07) is 7.21. The van der Waals surface area contributed by atoms with Crippen molar-refractivity contribution in [2.45, 2.75) is 38.8 Å². The minimum Gasteiger partial charge on any atom is -0.325 e. The lowest BCUT2D eigenvalue weighted by atomic mass is 10.1. The number of nitrogens with two attached hydrogens (primary N) is 1. The van der Waals surface area contributed by atoms with Gasteiger partial charge >= 0.3 is 0 Å². The standard InChI is InChI=1S/C15H21N5O/c1-2-3-4-14(16)15(21)19-13-7-5-12(6-8-13)9-20-11-17-10-18-20/h5-8,10-11,14H,2-4,9,16H2,1H3,(H,19,21). The maximum atomic E-state index is 11.9. The van der Waals surface area contributed by atoms with Crippen LogP contribution >= 0.6 is 0 Å². The summed E-state index contributed by atoms with van der Waals surface area (Å²) in [4.78, 5) is 15.8. The molecule has 1 aromatic heterocycles. The Morgan fingerprint density at radius 3 is 2.76 bits per heavy atom. The van der Waals surface area contributed by atoms with Crippen LogP contribution in [0.1, 0.15) is 31.7 Å². The van der Waals surface area contributed by atoms with Crippen molar-refractivity contribution in [2.24, 2.45) is 5.73 Å². The van der Waals surface area contributed by atoms with E-state index in [9.17, 15) is 4.79 Å². The molecule has 1 unspecified atom stereocenters. The van der Waals surface area contributed by atoms with Gasteiger partial charge in [0, 0.05) is 5.69 Å². The van der Waals surface area contributed by atoms with E-state index >= 15 is 0 Å². The topological polar surface area (TPSA) is 85.8 Å². The van der Waals surface area contributed by atoms with Crippen LogP contribution in [-0.2, 0) is 11.3 Å². The zero-order chi connectivity index (χ0) is 15.1. The molecule has 6 heteroatoms. The van der Waals surface area contributed by atoms with Crippen LogP contribution in [0.15, 0.2) is 36.9 Å². The SMILES string of the molecule is CCCCC(N)C(=O)Nc1ccc(Cn2cncn2)cc1. The molecule has 112 valence electrons. The Morgan fingerprint density at radius 1 is 1.38 bits per heavy atom. The van der Waals surface area contributed by atoms with E-state index in [1.54, 1.807) is 11.0 Å². The summed E-state index contributed by atoms with van der Waals surface area (Å²) >= 11 is 0. The number of amides is 1. The first kappa shape index (κ1) is 15.2. The van der Waals surface area contributed by atoms with Crippen molar-refractivity contribution in [1.29, 1.82) is 0 Å². The summed E-state index contributed by atoms with van der Waals surface area (Å²) in [5.41, 5.74) is 7.69. The zero-order valence-corrected chi connectivity index (χ0v) is 12.2. The molecule has 0 fully saturated rings. The maximum absolute atomic E-state index is 11.9. The molecule has 3 N–H and O–H groups in total. The average molecular weight is 287 g/mol. The first-order valence-electron chi connectivity index (χ1n) is 7.17. The molecule has 21 heavy (non-hydrogen) atoms. The third-order valence-electron chi connectivity index (χ3n) is 3.24. The number of carbonyl (C=O) groups excluding carboxylic acids is 1. The van der Waals surface area contributed by atoms with Crippen molar-refractivity contribution < 1.29 is 4.79 Å². The van der Waals surface area contributed by atoms with E-state index in [1.165, 1.54) is 6.33 Å². The highest BCUT2D eigenvalue weighted by Gasteiger charge is 2.12. The maximum Gasteiger partial charge on any atom is 0.241 e. The minimum absolute atomic E-state index is 0.132. The number of rotatable bonds is 7. The van der Waals surface area contributed by atoms with Crippen LogP contribution in [0, 0.1) is 0 Å². The normalized spacial score (nSPS) is 12.1. The highest BCUT2D eigenvalue weighted by Crippen LogP contribution is 2.11. The van der Waals surface area contributed by atoms with Gasteiger partial charge in [0.25, 0.3) is 0 Å². The van der Waals surface area contributed by atoms with E-state index < -0.39 is 6.04 Å². The summed E-state index contributed by atoms with van der Waals surface area (Å²) in [6.07, 6.45) is 5.89. The number of benzene rings is 1. The molecule has 0 spiro atoms. The summed E-state index contributed by atoms with van der Waals surface area (Å²) in [5.74, 6) is -0.132. The van der Waals surface area contributed by atoms with Crippen molar-refractivity contribution in [2.75, 3.05) is 5.32 Å². The Morgan fingerprint density at radius 2 is 2.14 bits per heavy atom. The minimum atomic E-state index is -0.445. The van der Waals surface area contributed by atoms with Crippen LogP contribution in [0.2, 0.25) is 0 Å². The molecular weight excluding hydrogens is 266 g/mol. The molecule has 0 aliphatic carbocycles. The fourth-order valence-electron chi connectivity index (χ4n) is 1.99. The van der Waals surface area contributed by atoms with E-state index in [2.05, 4.69) is 22.3 Å². The van der Waals surface area contributed by atoms with Gasteiger partial charge in [-0.15, -0.1) is 0 Å². The number of unbranched alkanes of at least 4 members (excludes halogenated alkanes) is 1. The number of anilines is 1. The highest BCUT2D eigenvalue weighted by atomic mass is 16.2. The first-order valence-corrected chi connectivity index (χ1v) is 7.17. The van der Waals surface area contributed by atoms with Crippen molar-refractivity contribution in [3.8, 4) is 0 Å². The van der Waals surface area contributed by atoms with E-state index in [4.69, 9.17) is 5.73 Å². The molecule has 0 saturated carbocycles. The zero-order valence-electron chi connectivity index (χ0n) is 12.2. The van der Waals surface area contributed by atoms with Crippen molar-refractivity contribution in [3.63, 3.8) is 0 Å². The van der Waals surface area contributed by atoms with Gasteiger partial charge in [-0.1, -0.05) is 31.9 Å². The van der Waals surface area contributed by atoms with Gasteiger partial charge in [0.05, 0.1) is 12.6 Å². The van der Waals surface area contributed by atoms with E-state index in [-0.39, 0.29) is 5.91 Å². The van der Waals surface area contributed by atoms with Crippen LogP contribution in [-0.4, -0.2) is 26.7 Å². The highest BCUT2D eigenvalue weighted by molar-refractivity contribution is 5.94. The monoisotopic (exact) mass is 287 g/mol. The van der Waals surface area contributed by atoms with Crippen LogP contribution < -0.4 is 11.1 Å². The van der Waals surface area contributed by atoms with Gasteiger partial charge in [0.2, 0.25) is 5.91 Å². The smallest absolute Gasteiger partial charge is 0.241 e. The largest absolute Gasteiger partial charge is 0.325 e. The Labute approximate surface area is 124 Å². The molecule has 6 nitrogen and oxygen atoms in total. The molecule has 0 aliphatic heterocycles. The molecule has 1 atom stereocenters. The summed E-state index contributed by atoms with van der Waals surface area (Å²) in [5, 5.41) is 6.89. The number of hydrogen-bond donors (Lipinski definition) is 2. The van der Waals surface area contributed by atoms with Crippen LogP contribution in [0.4, 0.5) is 5.69 Å². The molecule has 0 saturated heterocycles. The van der Waals surface area contributed by atoms with Gasteiger partial charge in [-0.2, -0.15) is 5.10 Å². The fraction of sp³-hybridized carbons (Fsp3) is 0.400. The van der Waals surface area contributed by atoms with E-state index in [0.717, 1.165) is 24.1 Å². The molecule has 2 rings (SSSR count). The molecule has 1 aromatic carbocycles. The molecule has 1 amide bonds. The second-order valence-corrected chi connectivity index (χ2v) is 5.03. The van der Waals surface area contributed by atoms with Crippen LogP contribution in [0.3, 0.4) is 0 Å². The second-order valence-electron chi connectivity index (χ2n) is 5.03. The van der Waals surface area contributed by atoms with Gasteiger partial charge in [-0.25, -0.2) is 9.67 Å². The molecule has 0 aliphatic rings. The third kappa shape index (κ3) is 4.68. The van der Waals surface area contributed by atoms with E-state index in [1.807, 2.05) is 24.3 Å². The lowest BCUT2D eigenvalue weighted by Gasteiger charge is -2.12. The molecule has 0 bridgehead atoms. The van der Waals surface area contributed by atoms with Gasteiger partial charge in [-0.3, -0.25) is 4.79 Å². The lowest BCUT2D eigenvalue weighted by Crippen LogP contribution is -2.35. The lowest BCUT2D eigenvalue weighted by molar-refractivity contribution is -0.117. The van der Waals surface area contributed by atoms with Crippen LogP contribution in [0.25, 0.3) is 0 Å². The predicted octanol–water partition coefficient (Wildman–Crippen LogP) is 1.78. The fourth-order valence-corrected chi connectivity index (χ4v) is 1.99. The number of nitrogens with one attached hydrogen (secondary N) is 1. The molecule has 0 radical (unpaired) electrons. The predicted molar refractivity (Wildman–Crippen MR) is 81.7 cm³/mol. The Bertz CT molecular complexity index is 550. The van der Waals surface area contributed by atoms with Crippen molar-refractivity contribution in [1.82, 2.24) is 14.8 Å². The van der Waals surface area contributed by atoms with Gasteiger partial charge in [0.15, 0.2) is 0 Å². The van der Waals surface area contributed by atoms with Gasteiger partial charge in [0.1, 0.15) is 12.7 Å². The second kappa shape index (κ2) is 7.54. The first-order chi connectivity index (χ1) is 10.2. The molecular formula is C15H21N5O.